The minimum absolute atomic E-state index is 0.0817. The average molecular weight is 343 g/mol. The molecule has 0 heterocycles. The molecule has 4 nitrogen and oxygen atoms in total. The highest BCUT2D eigenvalue weighted by atomic mass is 35.5. The molecule has 1 aliphatic rings. The van der Waals surface area contributed by atoms with Crippen LogP contribution in [-0.2, 0) is 16.2 Å². The Morgan fingerprint density at radius 1 is 1.29 bits per heavy atom. The number of hydrogen-bond donors (Lipinski definition) is 2. The van der Waals surface area contributed by atoms with Gasteiger partial charge in [-0.1, -0.05) is 11.6 Å². The monoisotopic (exact) mass is 342 g/mol. The van der Waals surface area contributed by atoms with Gasteiger partial charge in [-0.25, -0.2) is 8.42 Å². The van der Waals surface area contributed by atoms with Crippen LogP contribution in [0.1, 0.15) is 18.4 Å². The molecule has 0 aliphatic heterocycles. The van der Waals surface area contributed by atoms with Crippen LogP contribution in [0.3, 0.4) is 0 Å². The van der Waals surface area contributed by atoms with Crippen LogP contribution in [0.2, 0.25) is 5.02 Å². The van der Waals surface area contributed by atoms with Crippen LogP contribution in [0.5, 0.6) is 0 Å². The largest absolute Gasteiger partial charge is 0.416 e. The fourth-order valence-corrected chi connectivity index (χ4v) is 2.90. The van der Waals surface area contributed by atoms with Crippen LogP contribution in [0.4, 0.5) is 18.9 Å². The Kier molecular flexibility index (Phi) is 4.69. The standard InChI is InChI=1S/C12H14ClF3N2O2S/c13-10-4-1-8(12(14,15)16)7-11(10)18-21(19,20)6-5-17-9-2-3-9/h1,4,7,9,17-18H,2-3,5-6H2. The van der Waals surface area contributed by atoms with Gasteiger partial charge < -0.3 is 5.32 Å². The first-order valence-electron chi connectivity index (χ1n) is 6.28. The van der Waals surface area contributed by atoms with Gasteiger partial charge in [0.15, 0.2) is 0 Å². The highest BCUT2D eigenvalue weighted by Crippen LogP contribution is 2.34. The van der Waals surface area contributed by atoms with Gasteiger partial charge in [-0.15, -0.1) is 0 Å². The molecule has 0 atom stereocenters. The maximum Gasteiger partial charge on any atom is 0.416 e. The molecular formula is C12H14ClF3N2O2S. The summed E-state index contributed by atoms with van der Waals surface area (Å²) in [6, 6.07) is 2.87. The van der Waals surface area contributed by atoms with E-state index < -0.39 is 21.8 Å². The highest BCUT2D eigenvalue weighted by Gasteiger charge is 2.31. The molecular weight excluding hydrogens is 329 g/mol. The molecule has 9 heteroatoms. The number of benzene rings is 1. The molecule has 0 saturated heterocycles. The van der Waals surface area contributed by atoms with Gasteiger partial charge in [0.05, 0.1) is 22.0 Å². The predicted octanol–water partition coefficient (Wildman–Crippen LogP) is 2.85. The fourth-order valence-electron chi connectivity index (χ4n) is 1.68. The molecule has 1 aromatic carbocycles. The summed E-state index contributed by atoms with van der Waals surface area (Å²) >= 11 is 5.74. The van der Waals surface area contributed by atoms with Gasteiger partial charge in [-0.3, -0.25) is 4.72 Å². The summed E-state index contributed by atoms with van der Waals surface area (Å²) in [4.78, 5) is 0. The second kappa shape index (κ2) is 6.02. The Labute approximate surface area is 125 Å². The summed E-state index contributed by atoms with van der Waals surface area (Å²) in [5.41, 5.74) is -1.22. The summed E-state index contributed by atoms with van der Waals surface area (Å²) in [5, 5.41) is 2.93. The molecule has 0 spiro atoms. The van der Waals surface area contributed by atoms with Gasteiger partial charge in [0.2, 0.25) is 10.0 Å². The first kappa shape index (κ1) is 16.4. The molecule has 0 aromatic heterocycles. The number of nitrogens with one attached hydrogen (secondary N) is 2. The molecule has 0 radical (unpaired) electrons. The Hall–Kier alpha value is -0.990. The molecule has 2 N–H and O–H groups in total. The maximum atomic E-state index is 12.6. The zero-order valence-electron chi connectivity index (χ0n) is 10.9. The van der Waals surface area contributed by atoms with Crippen molar-refractivity contribution in [3.05, 3.63) is 28.8 Å². The summed E-state index contributed by atoms with van der Waals surface area (Å²) in [6.45, 7) is 0.247. The van der Waals surface area contributed by atoms with E-state index >= 15 is 0 Å². The van der Waals surface area contributed by atoms with Gasteiger partial charge >= 0.3 is 6.18 Å². The number of alkyl halides is 3. The topological polar surface area (TPSA) is 58.2 Å². The molecule has 1 saturated carbocycles. The SMILES string of the molecule is O=S(=O)(CCNC1CC1)Nc1cc(C(F)(F)F)ccc1Cl. The molecule has 118 valence electrons. The number of halogens is 4. The first-order valence-corrected chi connectivity index (χ1v) is 8.31. The van der Waals surface area contributed by atoms with Gasteiger partial charge in [0.25, 0.3) is 0 Å². The van der Waals surface area contributed by atoms with E-state index in [0.29, 0.717) is 12.1 Å². The van der Waals surface area contributed by atoms with E-state index in [1.807, 2.05) is 0 Å². The number of rotatable bonds is 6. The Morgan fingerprint density at radius 3 is 2.52 bits per heavy atom. The van der Waals surface area contributed by atoms with Crippen LogP contribution in [0.15, 0.2) is 18.2 Å². The van der Waals surface area contributed by atoms with E-state index in [-0.39, 0.29) is 23.0 Å². The molecule has 21 heavy (non-hydrogen) atoms. The van der Waals surface area contributed by atoms with Gasteiger partial charge in [0, 0.05) is 12.6 Å². The Bertz CT molecular complexity index is 615. The maximum absolute atomic E-state index is 12.6. The quantitative estimate of drug-likeness (QED) is 0.835. The Morgan fingerprint density at radius 2 is 1.95 bits per heavy atom. The highest BCUT2D eigenvalue weighted by molar-refractivity contribution is 7.92. The molecule has 0 unspecified atom stereocenters. The van der Waals surface area contributed by atoms with Crippen LogP contribution in [0, 0.1) is 0 Å². The van der Waals surface area contributed by atoms with E-state index in [1.54, 1.807) is 0 Å². The van der Waals surface area contributed by atoms with E-state index in [4.69, 9.17) is 11.6 Å². The van der Waals surface area contributed by atoms with Crippen LogP contribution in [0.25, 0.3) is 0 Å². The summed E-state index contributed by atoms with van der Waals surface area (Å²) in [5.74, 6) is -0.226. The van der Waals surface area contributed by atoms with E-state index in [2.05, 4.69) is 10.0 Å². The third-order valence-electron chi connectivity index (χ3n) is 2.94. The fraction of sp³-hybridized carbons (Fsp3) is 0.500. The second-order valence-electron chi connectivity index (χ2n) is 4.84. The van der Waals surface area contributed by atoms with Crippen molar-refractivity contribution in [1.82, 2.24) is 5.32 Å². The lowest BCUT2D eigenvalue weighted by molar-refractivity contribution is -0.137. The van der Waals surface area contributed by atoms with Crippen LogP contribution in [-0.4, -0.2) is 26.8 Å². The summed E-state index contributed by atoms with van der Waals surface area (Å²) < 4.78 is 63.5. The summed E-state index contributed by atoms with van der Waals surface area (Å²) in [6.07, 6.45) is -2.52. The van der Waals surface area contributed by atoms with Crippen molar-refractivity contribution in [2.24, 2.45) is 0 Å². The van der Waals surface area contributed by atoms with Gasteiger partial charge in [-0.05, 0) is 31.0 Å². The van der Waals surface area contributed by atoms with Crippen molar-refractivity contribution in [2.75, 3.05) is 17.0 Å². The number of hydrogen-bond acceptors (Lipinski definition) is 3. The lowest BCUT2D eigenvalue weighted by Crippen LogP contribution is -2.28. The minimum atomic E-state index is -4.56. The average Bonchev–Trinajstić information content (AvgIpc) is 3.14. The van der Waals surface area contributed by atoms with Gasteiger partial charge in [-0.2, -0.15) is 13.2 Å². The molecule has 1 aromatic rings. The molecule has 2 rings (SSSR count). The third-order valence-corrected chi connectivity index (χ3v) is 4.54. The van der Waals surface area contributed by atoms with Crippen LogP contribution < -0.4 is 10.0 Å². The van der Waals surface area contributed by atoms with Crippen molar-refractivity contribution in [2.45, 2.75) is 25.1 Å². The third kappa shape index (κ3) is 5.05. The smallest absolute Gasteiger partial charge is 0.313 e. The lowest BCUT2D eigenvalue weighted by Gasteiger charge is -2.13. The summed E-state index contributed by atoms with van der Waals surface area (Å²) in [7, 11) is -3.75. The van der Waals surface area contributed by atoms with E-state index in [0.717, 1.165) is 25.0 Å². The van der Waals surface area contributed by atoms with Crippen molar-refractivity contribution in [3.63, 3.8) is 0 Å². The molecule has 0 amide bonds. The van der Waals surface area contributed by atoms with E-state index in [9.17, 15) is 21.6 Å². The van der Waals surface area contributed by atoms with E-state index in [1.165, 1.54) is 0 Å². The van der Waals surface area contributed by atoms with Crippen molar-refractivity contribution in [1.29, 1.82) is 0 Å². The predicted molar refractivity (Wildman–Crippen MR) is 74.9 cm³/mol. The molecule has 1 aliphatic carbocycles. The second-order valence-corrected chi connectivity index (χ2v) is 7.09. The van der Waals surface area contributed by atoms with Crippen molar-refractivity contribution >= 4 is 27.3 Å². The lowest BCUT2D eigenvalue weighted by atomic mass is 10.2. The first-order chi connectivity index (χ1) is 9.67. The normalized spacial score (nSPS) is 16.0. The number of sulfonamides is 1. The van der Waals surface area contributed by atoms with Crippen molar-refractivity contribution < 1.29 is 21.6 Å². The van der Waals surface area contributed by atoms with Crippen LogP contribution >= 0.6 is 11.6 Å². The zero-order valence-corrected chi connectivity index (χ0v) is 12.4. The minimum Gasteiger partial charge on any atom is -0.313 e. The van der Waals surface area contributed by atoms with Crippen molar-refractivity contribution in [3.8, 4) is 0 Å². The Balaban J connectivity index is 2.06. The molecule has 1 fully saturated rings. The zero-order chi connectivity index (χ0) is 15.7. The van der Waals surface area contributed by atoms with Gasteiger partial charge in [0.1, 0.15) is 0 Å². The number of anilines is 1. The molecule has 0 bridgehead atoms.